The molecule has 544 valence electrons. The topological polar surface area (TPSA) is 307 Å². The molecule has 0 aliphatic carbocycles. The van der Waals surface area contributed by atoms with Gasteiger partial charge in [-0.1, -0.05) is 245 Å². The van der Waals surface area contributed by atoms with Crippen molar-refractivity contribution in [1.82, 2.24) is 5.32 Å². The number of hydrogen-bond donors (Lipinski definition) is 12. The predicted molar refractivity (Wildman–Crippen MR) is 373 cm³/mol. The highest BCUT2D eigenvalue weighted by molar-refractivity contribution is 5.76. The maximum Gasteiger partial charge on any atom is 0.220 e. The smallest absolute Gasteiger partial charge is 0.220 e. The third kappa shape index (κ3) is 37.3. The Hall–Kier alpha value is -3.81. The van der Waals surface area contributed by atoms with E-state index < -0.39 is 124 Å². The zero-order valence-corrected chi connectivity index (χ0v) is 57.6. The number of rotatable bonds is 54. The molecule has 17 unspecified atom stereocenters. The van der Waals surface area contributed by atoms with Crippen LogP contribution < -0.4 is 5.32 Å². The van der Waals surface area contributed by atoms with Gasteiger partial charge in [-0.25, -0.2) is 0 Å². The number of ether oxygens (including phenoxy) is 6. The Bertz CT molecular complexity index is 2190. The van der Waals surface area contributed by atoms with Crippen molar-refractivity contribution in [3.05, 3.63) is 122 Å². The third-order valence-corrected chi connectivity index (χ3v) is 17.3. The number of carbonyl (C=O) groups is 1. The Morgan fingerprint density at radius 2 is 0.726 bits per heavy atom. The molecule has 0 saturated carbocycles. The van der Waals surface area contributed by atoms with E-state index in [-0.39, 0.29) is 18.9 Å². The van der Waals surface area contributed by atoms with Crippen LogP contribution in [0.5, 0.6) is 0 Å². The first kappa shape index (κ1) is 85.4. The highest BCUT2D eigenvalue weighted by atomic mass is 16.8. The molecule has 12 N–H and O–H groups in total. The minimum absolute atomic E-state index is 0.241. The first-order valence-electron chi connectivity index (χ1n) is 36.3. The number of amides is 1. The van der Waals surface area contributed by atoms with E-state index in [1.807, 2.05) is 0 Å². The second-order valence-electron chi connectivity index (χ2n) is 25.3. The summed E-state index contributed by atoms with van der Waals surface area (Å²) in [6, 6.07) is -0.904. The van der Waals surface area contributed by atoms with Crippen molar-refractivity contribution < 1.29 is 89.4 Å². The first-order valence-corrected chi connectivity index (χ1v) is 36.3. The molecule has 17 atom stereocenters. The molecule has 0 bridgehead atoms. The van der Waals surface area contributed by atoms with Gasteiger partial charge in [0.05, 0.1) is 38.6 Å². The van der Waals surface area contributed by atoms with Gasteiger partial charge in [0.1, 0.15) is 73.2 Å². The van der Waals surface area contributed by atoms with E-state index in [4.69, 9.17) is 28.4 Å². The first-order chi connectivity index (χ1) is 46.3. The molecule has 3 aliphatic heterocycles. The molecule has 0 aromatic rings. The maximum absolute atomic E-state index is 13.4. The average Bonchev–Trinajstić information content (AvgIpc) is 0.791. The van der Waals surface area contributed by atoms with Gasteiger partial charge in [-0.05, 0) is 89.9 Å². The molecule has 0 spiro atoms. The van der Waals surface area contributed by atoms with Gasteiger partial charge < -0.3 is 89.9 Å². The van der Waals surface area contributed by atoms with Gasteiger partial charge in [0.25, 0.3) is 0 Å². The molecule has 1 amide bonds. The van der Waals surface area contributed by atoms with Gasteiger partial charge in [-0.3, -0.25) is 4.79 Å². The summed E-state index contributed by atoms with van der Waals surface area (Å²) in [6.45, 7) is 1.65. The quantitative estimate of drug-likeness (QED) is 0.0199. The molecular weight excluding hydrogens is 1210 g/mol. The Kier molecular flexibility index (Phi) is 50.3. The van der Waals surface area contributed by atoms with E-state index >= 15 is 0 Å². The van der Waals surface area contributed by atoms with Crippen molar-refractivity contribution >= 4 is 5.91 Å². The Morgan fingerprint density at radius 3 is 1.14 bits per heavy atom. The van der Waals surface area contributed by atoms with Gasteiger partial charge in [0.15, 0.2) is 18.9 Å². The second kappa shape index (κ2) is 56.0. The van der Waals surface area contributed by atoms with Crippen LogP contribution >= 0.6 is 0 Å². The normalized spacial score (nSPS) is 27.9. The van der Waals surface area contributed by atoms with Gasteiger partial charge in [-0.2, -0.15) is 0 Å². The summed E-state index contributed by atoms with van der Waals surface area (Å²) in [7, 11) is 0. The minimum Gasteiger partial charge on any atom is -0.394 e. The van der Waals surface area contributed by atoms with Crippen LogP contribution in [0.3, 0.4) is 0 Å². The van der Waals surface area contributed by atoms with E-state index in [1.54, 1.807) is 0 Å². The number of aliphatic hydroxyl groups is 11. The molecule has 0 radical (unpaired) electrons. The van der Waals surface area contributed by atoms with Crippen LogP contribution in [0.4, 0.5) is 0 Å². The highest BCUT2D eigenvalue weighted by Gasteiger charge is 2.53. The van der Waals surface area contributed by atoms with Crippen LogP contribution in [0.25, 0.3) is 0 Å². The van der Waals surface area contributed by atoms with Crippen LogP contribution in [-0.2, 0) is 33.2 Å². The van der Waals surface area contributed by atoms with Gasteiger partial charge in [0, 0.05) is 6.42 Å². The van der Waals surface area contributed by atoms with Crippen molar-refractivity contribution in [3.8, 4) is 0 Å². The van der Waals surface area contributed by atoms with Crippen LogP contribution in [0.2, 0.25) is 0 Å². The second-order valence-corrected chi connectivity index (χ2v) is 25.3. The zero-order valence-electron chi connectivity index (χ0n) is 57.6. The fourth-order valence-electron chi connectivity index (χ4n) is 11.5. The number of aliphatic hydroxyl groups excluding tert-OH is 11. The van der Waals surface area contributed by atoms with Crippen molar-refractivity contribution in [3.63, 3.8) is 0 Å². The molecule has 19 heteroatoms. The summed E-state index contributed by atoms with van der Waals surface area (Å²) in [5.74, 6) is -0.263. The van der Waals surface area contributed by atoms with E-state index in [0.717, 1.165) is 128 Å². The Morgan fingerprint density at radius 1 is 0.389 bits per heavy atom. The lowest BCUT2D eigenvalue weighted by atomic mass is 9.96. The van der Waals surface area contributed by atoms with Crippen molar-refractivity contribution in [2.45, 2.75) is 324 Å². The molecule has 0 aromatic heterocycles. The molecule has 95 heavy (non-hydrogen) atoms. The van der Waals surface area contributed by atoms with Crippen LogP contribution in [0.15, 0.2) is 122 Å². The number of hydrogen-bond acceptors (Lipinski definition) is 18. The third-order valence-electron chi connectivity index (χ3n) is 17.3. The van der Waals surface area contributed by atoms with E-state index in [1.165, 1.54) is 57.8 Å². The summed E-state index contributed by atoms with van der Waals surface area (Å²) in [5.41, 5.74) is 0. The summed E-state index contributed by atoms with van der Waals surface area (Å²) in [4.78, 5) is 13.4. The van der Waals surface area contributed by atoms with Crippen LogP contribution in [0.1, 0.15) is 219 Å². The van der Waals surface area contributed by atoms with Crippen LogP contribution in [0, 0.1) is 0 Å². The molecule has 19 nitrogen and oxygen atoms in total. The lowest BCUT2D eigenvalue weighted by molar-refractivity contribution is -0.379. The van der Waals surface area contributed by atoms with E-state index in [0.29, 0.717) is 12.8 Å². The number of allylic oxidation sites excluding steroid dienone is 20. The summed E-state index contributed by atoms with van der Waals surface area (Å²) < 4.78 is 34.4. The molecule has 0 aromatic carbocycles. The van der Waals surface area contributed by atoms with Crippen LogP contribution in [-0.4, -0.2) is 193 Å². The van der Waals surface area contributed by atoms with Gasteiger partial charge >= 0.3 is 0 Å². The summed E-state index contributed by atoms with van der Waals surface area (Å²) >= 11 is 0. The minimum atomic E-state index is -1.98. The maximum atomic E-state index is 13.4. The fraction of sp³-hybridized carbons (Fsp3) is 0.724. The van der Waals surface area contributed by atoms with Crippen molar-refractivity contribution in [1.29, 1.82) is 0 Å². The Balaban J connectivity index is 1.36. The molecule has 3 fully saturated rings. The van der Waals surface area contributed by atoms with Crippen molar-refractivity contribution in [2.75, 3.05) is 26.4 Å². The summed E-state index contributed by atoms with van der Waals surface area (Å²) in [5, 5.41) is 121. The van der Waals surface area contributed by atoms with Gasteiger partial charge in [0.2, 0.25) is 5.91 Å². The SMILES string of the molecule is CC/C=C\C/C=C\C/C=C\C/C=C\C/C=C\C/C=C\C/C=C\C/C=C\C/C=C\C/C=C\CCCCCCCCC(=O)NC(COC1OC(CO)C(OC2OC(CO)C(OC3OC(CO)C(O)C(O)C3O)C(O)C2O)C(O)C1O)C(O)CCCCCCCCCCCCCCC. The molecule has 3 aliphatic rings. The van der Waals surface area contributed by atoms with E-state index in [9.17, 15) is 61.0 Å². The zero-order chi connectivity index (χ0) is 68.9. The van der Waals surface area contributed by atoms with Gasteiger partial charge in [-0.15, -0.1) is 0 Å². The fourth-order valence-corrected chi connectivity index (χ4v) is 11.5. The Labute approximate surface area is 569 Å². The standard InChI is InChI=1S/C76H127NO18/c1-3-5-7-9-11-13-15-17-18-19-20-21-22-23-24-25-26-27-28-29-30-31-32-33-34-35-36-37-38-39-40-42-44-46-48-50-52-54-64(82)77-59(60(81)53-51-49-47-45-43-41-16-14-12-10-8-6-4-2)58-90-74-70(88)67(85)72(62(56-79)92-74)95-76-71(89)68(86)73(63(57-80)93-76)94-75-69(87)66(84)65(83)61(55-78)91-75/h5,7,11,13,17-18,20-21,23-24,26-27,29-30,32-33,35-36,38-39,59-63,65-76,78-81,83-89H,3-4,6,8-10,12,14-16,19,22,25,28,31,34,37,40-58H2,1-2H3,(H,77,82)/b7-5-,13-11-,18-17-,21-20-,24-23-,27-26-,30-29-,33-32-,36-35-,39-38-. The molecular formula is C76H127NO18. The number of unbranched alkanes of at least 4 members (excludes halogenated alkanes) is 18. The predicted octanol–water partition coefficient (Wildman–Crippen LogP) is 10.4. The molecule has 3 saturated heterocycles. The largest absolute Gasteiger partial charge is 0.394 e. The lowest BCUT2D eigenvalue weighted by Crippen LogP contribution is -2.66. The monoisotopic (exact) mass is 1340 g/mol. The van der Waals surface area contributed by atoms with E-state index in [2.05, 4.69) is 141 Å². The lowest BCUT2D eigenvalue weighted by Gasteiger charge is -2.48. The summed E-state index contributed by atoms with van der Waals surface area (Å²) in [6.07, 6.45) is 50.0. The number of nitrogens with one attached hydrogen (secondary N) is 1. The number of carbonyl (C=O) groups excluding carboxylic acids is 1. The highest BCUT2D eigenvalue weighted by Crippen LogP contribution is 2.33. The van der Waals surface area contributed by atoms with Crippen molar-refractivity contribution in [2.24, 2.45) is 0 Å². The molecule has 3 rings (SSSR count). The molecule has 3 heterocycles. The average molecular weight is 1340 g/mol.